The van der Waals surface area contributed by atoms with Crippen LogP contribution in [0.1, 0.15) is 81.1 Å². The zero-order chi connectivity index (χ0) is 41.6. The zero-order valence-corrected chi connectivity index (χ0v) is 32.6. The number of amides is 1. The number of carbonyl (C=O) groups excluding carboxylic acids is 2. The largest absolute Gasteiger partial charge is 0.478 e. The molecule has 0 radical (unpaired) electrons. The van der Waals surface area contributed by atoms with Crippen molar-refractivity contribution in [2.24, 2.45) is 0 Å². The van der Waals surface area contributed by atoms with Gasteiger partial charge in [0.25, 0.3) is 5.91 Å². The Labute approximate surface area is 341 Å². The Morgan fingerprint density at radius 1 is 0.559 bits per heavy atom. The third-order valence-corrected chi connectivity index (χ3v) is 9.46. The van der Waals surface area contributed by atoms with Gasteiger partial charge in [-0.05, 0) is 107 Å². The summed E-state index contributed by atoms with van der Waals surface area (Å²) in [6.45, 7) is 4.23. The normalized spacial score (nSPS) is 10.9. The van der Waals surface area contributed by atoms with Crippen LogP contribution in [0, 0.1) is 13.8 Å². The average molecular weight is 797 g/mol. The van der Waals surface area contributed by atoms with Crippen LogP contribution in [-0.2, 0) is 63.7 Å². The Morgan fingerprint density at radius 2 is 1.17 bits per heavy atom. The van der Waals surface area contributed by atoms with E-state index in [1.807, 2.05) is 105 Å². The van der Waals surface area contributed by atoms with Gasteiger partial charge in [-0.15, -0.1) is 0 Å². The fraction of sp³-hybridized carbons (Fsp3) is 0.170. The van der Waals surface area contributed by atoms with E-state index in [0.717, 1.165) is 39.1 Å². The van der Waals surface area contributed by atoms with Gasteiger partial charge in [0.1, 0.15) is 33.0 Å². The zero-order valence-electron chi connectivity index (χ0n) is 32.6. The van der Waals surface area contributed by atoms with E-state index in [9.17, 15) is 19.5 Å². The second-order valence-corrected chi connectivity index (χ2v) is 13.8. The number of carbonyl (C=O) groups is 3. The number of aromatic carboxylic acids is 1. The number of anilines is 2. The molecule has 0 bridgehead atoms. The lowest BCUT2D eigenvalue weighted by Gasteiger charge is -2.15. The lowest BCUT2D eigenvalue weighted by molar-refractivity contribution is -0.313. The molecule has 0 spiro atoms. The second kappa shape index (κ2) is 20.7. The second-order valence-electron chi connectivity index (χ2n) is 13.8. The van der Waals surface area contributed by atoms with Crippen LogP contribution < -0.4 is 10.8 Å². The van der Waals surface area contributed by atoms with Crippen LogP contribution in [0.2, 0.25) is 0 Å². The molecule has 302 valence electrons. The quantitative estimate of drug-likeness (QED) is 0.0267. The molecule has 0 aliphatic rings. The monoisotopic (exact) mass is 796 g/mol. The molecule has 6 rings (SSSR count). The van der Waals surface area contributed by atoms with Gasteiger partial charge in [0.2, 0.25) is 0 Å². The summed E-state index contributed by atoms with van der Waals surface area (Å²) >= 11 is 0. The molecule has 0 aromatic heterocycles. The van der Waals surface area contributed by atoms with Crippen molar-refractivity contribution in [2.75, 3.05) is 10.8 Å². The molecule has 0 aliphatic carbocycles. The van der Waals surface area contributed by atoms with Gasteiger partial charge in [-0.2, -0.15) is 0 Å². The lowest BCUT2D eigenvalue weighted by Crippen LogP contribution is -2.17. The Bertz CT molecular complexity index is 2390. The molecule has 0 saturated carbocycles. The van der Waals surface area contributed by atoms with Gasteiger partial charge < -0.3 is 15.2 Å². The first-order valence-electron chi connectivity index (χ1n) is 18.8. The van der Waals surface area contributed by atoms with E-state index in [2.05, 4.69) is 15.7 Å². The van der Waals surface area contributed by atoms with Gasteiger partial charge in [0, 0.05) is 5.69 Å². The van der Waals surface area contributed by atoms with Crippen molar-refractivity contribution in [2.45, 2.75) is 53.3 Å². The van der Waals surface area contributed by atoms with Gasteiger partial charge in [0.05, 0.1) is 22.4 Å². The summed E-state index contributed by atoms with van der Waals surface area (Å²) in [5.74, 6) is -2.26. The first-order valence-corrected chi connectivity index (χ1v) is 18.8. The highest BCUT2D eigenvalue weighted by atomic mass is 17.2. The average Bonchev–Trinajstić information content (AvgIpc) is 3.24. The maximum absolute atomic E-state index is 13.4. The Kier molecular flexibility index (Phi) is 14.7. The first kappa shape index (κ1) is 41.9. The molecule has 0 aliphatic heterocycles. The third kappa shape index (κ3) is 11.9. The summed E-state index contributed by atoms with van der Waals surface area (Å²) in [6, 6.07) is 40.0. The van der Waals surface area contributed by atoms with E-state index < -0.39 is 17.8 Å². The Balaban J connectivity index is 1.03. The highest BCUT2D eigenvalue weighted by Gasteiger charge is 2.19. The molecule has 0 saturated heterocycles. The molecule has 12 heteroatoms. The van der Waals surface area contributed by atoms with Crippen molar-refractivity contribution < 1.29 is 49.0 Å². The van der Waals surface area contributed by atoms with Gasteiger partial charge >= 0.3 is 11.9 Å². The number of hydrogen-bond acceptors (Lipinski definition) is 10. The molecule has 59 heavy (non-hydrogen) atoms. The van der Waals surface area contributed by atoms with E-state index in [0.29, 0.717) is 34.4 Å². The molecule has 6 aromatic carbocycles. The van der Waals surface area contributed by atoms with E-state index in [1.165, 1.54) is 12.1 Å². The minimum absolute atomic E-state index is 0.00524. The molecule has 12 nitrogen and oxygen atoms in total. The van der Waals surface area contributed by atoms with Crippen LogP contribution >= 0.6 is 0 Å². The van der Waals surface area contributed by atoms with Crippen molar-refractivity contribution in [1.82, 2.24) is 0 Å². The van der Waals surface area contributed by atoms with Gasteiger partial charge in [-0.25, -0.2) is 24.3 Å². The van der Waals surface area contributed by atoms with Crippen molar-refractivity contribution in [3.05, 3.63) is 200 Å². The summed E-state index contributed by atoms with van der Waals surface area (Å²) in [7, 11) is 0. The van der Waals surface area contributed by atoms with Crippen LogP contribution in [0.15, 0.2) is 133 Å². The SMILES string of the molecule is Cc1cc(Cc2ccc(NC(=O)c3cc(COOCc4ccccc4)ccc3C(=O)O)c(C)c2)ccc1NOCc1cc(C(=O)OCc2ccccc2)ccc1COO. The van der Waals surface area contributed by atoms with Crippen LogP contribution in [-0.4, -0.2) is 28.2 Å². The maximum Gasteiger partial charge on any atom is 0.338 e. The smallest absolute Gasteiger partial charge is 0.338 e. The summed E-state index contributed by atoms with van der Waals surface area (Å²) in [6.07, 6.45) is 0.617. The molecule has 6 aromatic rings. The minimum atomic E-state index is -1.22. The van der Waals surface area contributed by atoms with Gasteiger partial charge in [-0.3, -0.25) is 20.4 Å². The van der Waals surface area contributed by atoms with Crippen LogP contribution in [0.3, 0.4) is 0 Å². The van der Waals surface area contributed by atoms with E-state index >= 15 is 0 Å². The number of carboxylic acids is 1. The first-order chi connectivity index (χ1) is 28.7. The summed E-state index contributed by atoms with van der Waals surface area (Å²) < 4.78 is 5.48. The lowest BCUT2D eigenvalue weighted by atomic mass is 10.00. The van der Waals surface area contributed by atoms with Crippen molar-refractivity contribution in [3.8, 4) is 0 Å². The van der Waals surface area contributed by atoms with Gasteiger partial charge in [0.15, 0.2) is 0 Å². The van der Waals surface area contributed by atoms with Crippen molar-refractivity contribution in [3.63, 3.8) is 0 Å². The molecular formula is C47H44N2O10. The molecular weight excluding hydrogens is 753 g/mol. The van der Waals surface area contributed by atoms with Crippen LogP contribution in [0.5, 0.6) is 0 Å². The number of benzene rings is 6. The predicted molar refractivity (Wildman–Crippen MR) is 220 cm³/mol. The topological polar surface area (TPSA) is 162 Å². The number of ether oxygens (including phenoxy) is 1. The molecule has 4 N–H and O–H groups in total. The minimum Gasteiger partial charge on any atom is -0.478 e. The Hall–Kier alpha value is -6.67. The van der Waals surface area contributed by atoms with Crippen LogP contribution in [0.4, 0.5) is 11.4 Å². The number of esters is 1. The molecule has 0 atom stereocenters. The fourth-order valence-electron chi connectivity index (χ4n) is 6.30. The number of hydrogen-bond donors (Lipinski definition) is 4. The highest BCUT2D eigenvalue weighted by Crippen LogP contribution is 2.24. The standard InChI is InChI=1S/C47H44N2O10/c1-31-21-35(14-19-43(31)48-45(50)42-24-37(13-18-41(42)46(51)52)28-59-58-27-34-11-7-4-8-12-34)23-36-15-20-44(32(2)22-36)49-56-29-40-25-38(16-17-39(40)30-57-54)47(53)55-26-33-9-5-3-6-10-33/h3-22,24-25,49,54H,23,26-30H2,1-2H3,(H,48,50)(H,51,52). The molecule has 0 heterocycles. The predicted octanol–water partition coefficient (Wildman–Crippen LogP) is 9.38. The summed E-state index contributed by atoms with van der Waals surface area (Å²) in [5.41, 5.74) is 12.0. The van der Waals surface area contributed by atoms with Crippen LogP contribution in [0.25, 0.3) is 0 Å². The Morgan fingerprint density at radius 3 is 1.80 bits per heavy atom. The molecule has 0 fully saturated rings. The van der Waals surface area contributed by atoms with Gasteiger partial charge in [-0.1, -0.05) is 97.1 Å². The number of aryl methyl sites for hydroxylation is 2. The number of nitrogens with one attached hydrogen (secondary N) is 2. The van der Waals surface area contributed by atoms with Crippen molar-refractivity contribution in [1.29, 1.82) is 0 Å². The summed E-state index contributed by atoms with van der Waals surface area (Å²) in [4.78, 5) is 59.0. The molecule has 1 amide bonds. The van der Waals surface area contributed by atoms with Crippen molar-refractivity contribution >= 4 is 29.2 Å². The van der Waals surface area contributed by atoms with E-state index in [1.54, 1.807) is 30.3 Å². The fourth-order valence-corrected chi connectivity index (χ4v) is 6.30. The summed E-state index contributed by atoms with van der Waals surface area (Å²) in [5, 5.41) is 21.8. The number of rotatable bonds is 19. The third-order valence-electron chi connectivity index (χ3n) is 9.46. The number of carboxylic acid groups (broad SMARTS) is 1. The molecule has 0 unspecified atom stereocenters. The van der Waals surface area contributed by atoms with E-state index in [-0.39, 0.29) is 44.2 Å². The maximum atomic E-state index is 13.4. The highest BCUT2D eigenvalue weighted by molar-refractivity contribution is 6.11. The van der Waals surface area contributed by atoms with E-state index in [4.69, 9.17) is 24.6 Å².